The van der Waals surface area contributed by atoms with Gasteiger partial charge >= 0.3 is 0 Å². The molecule has 2 aliphatic heterocycles. The molecule has 5 nitrogen and oxygen atoms in total. The first-order chi connectivity index (χ1) is 13.0. The second-order valence-electron chi connectivity index (χ2n) is 7.30. The van der Waals surface area contributed by atoms with Crippen molar-refractivity contribution in [3.63, 3.8) is 0 Å². The molecule has 4 heterocycles. The zero-order valence-corrected chi connectivity index (χ0v) is 16.2. The topological polar surface area (TPSA) is 56.1 Å². The molecule has 4 rings (SSSR count). The van der Waals surface area contributed by atoms with Crippen LogP contribution < -0.4 is 9.80 Å². The molecule has 0 saturated carbocycles. The number of pyridine rings is 2. The Kier molecular flexibility index (Phi) is 4.65. The number of nitriles is 1. The molecule has 0 amide bonds. The van der Waals surface area contributed by atoms with Crippen LogP contribution in [0.5, 0.6) is 0 Å². The van der Waals surface area contributed by atoms with Gasteiger partial charge in [0.25, 0.3) is 0 Å². The van der Waals surface area contributed by atoms with E-state index >= 15 is 0 Å². The fourth-order valence-corrected chi connectivity index (χ4v) is 4.50. The molecule has 0 bridgehead atoms. The summed E-state index contributed by atoms with van der Waals surface area (Å²) in [7, 11) is 0. The van der Waals surface area contributed by atoms with Crippen LogP contribution >= 0.6 is 11.6 Å². The average molecular weight is 386 g/mol. The van der Waals surface area contributed by atoms with Crippen LogP contribution in [-0.4, -0.2) is 35.6 Å². The molecule has 0 spiro atoms. The lowest BCUT2D eigenvalue weighted by atomic mass is 9.92. The first-order valence-corrected chi connectivity index (χ1v) is 9.58. The van der Waals surface area contributed by atoms with Gasteiger partial charge in [0.05, 0.1) is 22.3 Å². The Morgan fingerprint density at radius 2 is 2.04 bits per heavy atom. The highest BCUT2D eigenvalue weighted by molar-refractivity contribution is 6.32. The number of nitrogens with zero attached hydrogens (tertiary/aromatic N) is 5. The van der Waals surface area contributed by atoms with Gasteiger partial charge in [-0.1, -0.05) is 11.6 Å². The summed E-state index contributed by atoms with van der Waals surface area (Å²) in [6, 6.07) is 5.52. The molecule has 2 aromatic rings. The van der Waals surface area contributed by atoms with Crippen molar-refractivity contribution in [3.05, 3.63) is 46.0 Å². The van der Waals surface area contributed by atoms with Crippen molar-refractivity contribution in [2.75, 3.05) is 29.4 Å². The number of fused-ring (bicyclic) bond motifs is 1. The fourth-order valence-electron chi connectivity index (χ4n) is 4.36. The Hall–Kier alpha value is -2.39. The van der Waals surface area contributed by atoms with E-state index in [2.05, 4.69) is 20.9 Å². The molecule has 2 aliphatic rings. The predicted molar refractivity (Wildman–Crippen MR) is 104 cm³/mol. The first kappa shape index (κ1) is 18.0. The van der Waals surface area contributed by atoms with Crippen molar-refractivity contribution in [2.24, 2.45) is 5.92 Å². The minimum absolute atomic E-state index is 0.180. The molecule has 0 aliphatic carbocycles. The van der Waals surface area contributed by atoms with Gasteiger partial charge in [-0.15, -0.1) is 0 Å². The molecule has 27 heavy (non-hydrogen) atoms. The lowest BCUT2D eigenvalue weighted by Crippen LogP contribution is -2.49. The predicted octanol–water partition coefficient (Wildman–Crippen LogP) is 3.86. The van der Waals surface area contributed by atoms with E-state index in [1.54, 1.807) is 12.3 Å². The van der Waals surface area contributed by atoms with E-state index in [0.717, 1.165) is 37.2 Å². The minimum atomic E-state index is -0.297. The van der Waals surface area contributed by atoms with Crippen molar-refractivity contribution in [3.8, 4) is 6.07 Å². The van der Waals surface area contributed by atoms with Crippen LogP contribution in [-0.2, 0) is 0 Å². The SMILES string of the molecule is Cc1nc(N2CCC3CCN(c4ncccc4F)CC32)c(C#N)c(C)c1Cl. The zero-order valence-electron chi connectivity index (χ0n) is 15.4. The summed E-state index contributed by atoms with van der Waals surface area (Å²) in [5.41, 5.74) is 2.04. The summed E-state index contributed by atoms with van der Waals surface area (Å²) < 4.78 is 14.2. The van der Waals surface area contributed by atoms with Crippen molar-refractivity contribution in [2.45, 2.75) is 32.7 Å². The molecule has 7 heteroatoms. The first-order valence-electron chi connectivity index (χ1n) is 9.20. The zero-order chi connectivity index (χ0) is 19.1. The highest BCUT2D eigenvalue weighted by Crippen LogP contribution is 2.39. The Morgan fingerprint density at radius 1 is 1.26 bits per heavy atom. The Balaban J connectivity index is 1.69. The van der Waals surface area contributed by atoms with Crippen LogP contribution in [0.25, 0.3) is 0 Å². The quantitative estimate of drug-likeness (QED) is 0.785. The smallest absolute Gasteiger partial charge is 0.165 e. The molecule has 0 aromatic carbocycles. The molecule has 0 N–H and O–H groups in total. The van der Waals surface area contributed by atoms with Crippen LogP contribution in [0.15, 0.2) is 18.3 Å². The average Bonchev–Trinajstić information content (AvgIpc) is 3.09. The second kappa shape index (κ2) is 6.97. The Morgan fingerprint density at radius 3 is 2.78 bits per heavy atom. The van der Waals surface area contributed by atoms with Gasteiger partial charge in [0.1, 0.15) is 11.9 Å². The number of anilines is 2. The van der Waals surface area contributed by atoms with Crippen LogP contribution in [0.4, 0.5) is 16.0 Å². The molecule has 0 radical (unpaired) electrons. The van der Waals surface area contributed by atoms with Crippen LogP contribution in [0.2, 0.25) is 5.02 Å². The number of aromatic nitrogens is 2. The van der Waals surface area contributed by atoms with E-state index in [-0.39, 0.29) is 11.9 Å². The van der Waals surface area contributed by atoms with Crippen molar-refractivity contribution in [1.82, 2.24) is 9.97 Å². The molecule has 2 aromatic heterocycles. The molecule has 140 valence electrons. The monoisotopic (exact) mass is 385 g/mol. The molecular weight excluding hydrogens is 365 g/mol. The summed E-state index contributed by atoms with van der Waals surface area (Å²) in [6.07, 6.45) is 3.65. The third kappa shape index (κ3) is 3.00. The number of hydrogen-bond donors (Lipinski definition) is 0. The molecular formula is C20H21ClFN5. The normalized spacial score (nSPS) is 21.9. The maximum atomic E-state index is 14.2. The second-order valence-corrected chi connectivity index (χ2v) is 7.68. The van der Waals surface area contributed by atoms with E-state index in [1.807, 2.05) is 18.7 Å². The molecule has 2 atom stereocenters. The standard InChI is InChI=1S/C20H21ClFN5/c1-12-15(10-23)19(25-13(2)18(12)21)27-9-6-14-5-8-26(11-17(14)27)20-16(22)4-3-7-24-20/h3-4,7,14,17H,5-6,8-9,11H2,1-2H3. The highest BCUT2D eigenvalue weighted by Gasteiger charge is 2.41. The summed E-state index contributed by atoms with van der Waals surface area (Å²) in [5.74, 6) is 1.32. The number of piperidine rings is 1. The van der Waals surface area contributed by atoms with Gasteiger partial charge in [-0.2, -0.15) is 5.26 Å². The summed E-state index contributed by atoms with van der Waals surface area (Å²) >= 11 is 6.31. The summed E-state index contributed by atoms with van der Waals surface area (Å²) in [6.45, 7) is 6.04. The highest BCUT2D eigenvalue weighted by atomic mass is 35.5. The fraction of sp³-hybridized carbons (Fsp3) is 0.450. The lowest BCUT2D eigenvalue weighted by Gasteiger charge is -2.39. The number of hydrogen-bond acceptors (Lipinski definition) is 5. The maximum absolute atomic E-state index is 14.2. The summed E-state index contributed by atoms with van der Waals surface area (Å²) in [5, 5.41) is 10.2. The minimum Gasteiger partial charge on any atom is -0.352 e. The van der Waals surface area contributed by atoms with E-state index in [0.29, 0.717) is 34.7 Å². The van der Waals surface area contributed by atoms with Crippen molar-refractivity contribution < 1.29 is 4.39 Å². The Labute approximate surface area is 163 Å². The summed E-state index contributed by atoms with van der Waals surface area (Å²) in [4.78, 5) is 13.1. The van der Waals surface area contributed by atoms with Gasteiger partial charge in [0.2, 0.25) is 0 Å². The molecule has 2 fully saturated rings. The number of rotatable bonds is 2. The Bertz CT molecular complexity index is 925. The van der Waals surface area contributed by atoms with Gasteiger partial charge in [0, 0.05) is 25.8 Å². The van der Waals surface area contributed by atoms with Crippen LogP contribution in [0.1, 0.15) is 29.7 Å². The van der Waals surface area contributed by atoms with E-state index in [4.69, 9.17) is 11.6 Å². The van der Waals surface area contributed by atoms with E-state index in [9.17, 15) is 9.65 Å². The lowest BCUT2D eigenvalue weighted by molar-refractivity contribution is 0.385. The van der Waals surface area contributed by atoms with Gasteiger partial charge in [-0.25, -0.2) is 14.4 Å². The van der Waals surface area contributed by atoms with Crippen LogP contribution in [0.3, 0.4) is 0 Å². The van der Waals surface area contributed by atoms with Crippen LogP contribution in [0, 0.1) is 36.9 Å². The number of aryl methyl sites for hydroxylation is 1. The largest absolute Gasteiger partial charge is 0.352 e. The number of halogens is 2. The van der Waals surface area contributed by atoms with Gasteiger partial charge in [0.15, 0.2) is 11.6 Å². The third-order valence-electron chi connectivity index (χ3n) is 5.80. The molecule has 2 unspecified atom stereocenters. The van der Waals surface area contributed by atoms with Gasteiger partial charge in [-0.05, 0) is 50.3 Å². The van der Waals surface area contributed by atoms with Gasteiger partial charge in [-0.3, -0.25) is 0 Å². The van der Waals surface area contributed by atoms with Crippen molar-refractivity contribution in [1.29, 1.82) is 5.26 Å². The van der Waals surface area contributed by atoms with Crippen molar-refractivity contribution >= 4 is 23.2 Å². The van der Waals surface area contributed by atoms with E-state index in [1.165, 1.54) is 6.07 Å². The maximum Gasteiger partial charge on any atom is 0.165 e. The third-order valence-corrected chi connectivity index (χ3v) is 6.36. The van der Waals surface area contributed by atoms with Gasteiger partial charge < -0.3 is 9.80 Å². The molecule has 2 saturated heterocycles. The van der Waals surface area contributed by atoms with E-state index < -0.39 is 0 Å².